The van der Waals surface area contributed by atoms with Gasteiger partial charge in [0, 0.05) is 11.6 Å². The number of amides is 1. The first-order valence-corrected chi connectivity index (χ1v) is 8.22. The number of carbonyl (C=O) groups excluding carboxylic acids is 1. The van der Waals surface area contributed by atoms with Crippen molar-refractivity contribution in [2.75, 3.05) is 10.6 Å². The number of benzene rings is 2. The lowest BCUT2D eigenvalue weighted by Crippen LogP contribution is -2.13. The van der Waals surface area contributed by atoms with Crippen LogP contribution in [0.3, 0.4) is 0 Å². The number of nitrogens with one attached hydrogen (secondary N) is 2. The van der Waals surface area contributed by atoms with Crippen LogP contribution in [-0.2, 0) is 4.79 Å². The number of hydrogen-bond donors (Lipinski definition) is 2. The van der Waals surface area contributed by atoms with Gasteiger partial charge in [-0.25, -0.2) is 0 Å². The van der Waals surface area contributed by atoms with Crippen molar-refractivity contribution < 1.29 is 9.21 Å². The molecule has 1 heterocycles. The molecular weight excluding hydrogens is 302 g/mol. The second-order valence-electron chi connectivity index (χ2n) is 6.24. The molecule has 1 amide bonds. The number of rotatable bonds is 5. The van der Waals surface area contributed by atoms with Gasteiger partial charge in [0.2, 0.25) is 5.91 Å². The maximum absolute atomic E-state index is 11.8. The third kappa shape index (κ3) is 3.11. The van der Waals surface area contributed by atoms with Gasteiger partial charge in [0.05, 0.1) is 6.04 Å². The molecule has 5 heteroatoms. The zero-order chi connectivity index (χ0) is 16.5. The van der Waals surface area contributed by atoms with E-state index in [4.69, 9.17) is 4.42 Å². The third-order valence-corrected chi connectivity index (χ3v) is 4.26. The van der Waals surface area contributed by atoms with Crippen molar-refractivity contribution in [3.8, 4) is 0 Å². The maximum atomic E-state index is 11.8. The highest BCUT2D eigenvalue weighted by Crippen LogP contribution is 2.30. The number of para-hydroxylation sites is 2. The fourth-order valence-corrected chi connectivity index (χ4v) is 2.65. The molecule has 0 aliphatic heterocycles. The molecule has 4 rings (SSSR count). The summed E-state index contributed by atoms with van der Waals surface area (Å²) in [5.41, 5.74) is 3.54. The Kier molecular flexibility index (Phi) is 3.69. The lowest BCUT2D eigenvalue weighted by atomic mass is 10.1. The minimum atomic E-state index is 0.0474. The molecule has 5 nitrogen and oxygen atoms in total. The minimum Gasteiger partial charge on any atom is -0.424 e. The van der Waals surface area contributed by atoms with Gasteiger partial charge in [-0.15, -0.1) is 0 Å². The summed E-state index contributed by atoms with van der Waals surface area (Å²) in [5.74, 6) is 0.338. The first-order chi connectivity index (χ1) is 11.7. The molecule has 0 spiro atoms. The molecule has 24 heavy (non-hydrogen) atoms. The van der Waals surface area contributed by atoms with Crippen molar-refractivity contribution in [2.45, 2.75) is 25.8 Å². The highest BCUT2D eigenvalue weighted by molar-refractivity contribution is 5.94. The molecule has 2 aromatic carbocycles. The molecule has 0 saturated heterocycles. The molecule has 1 saturated carbocycles. The van der Waals surface area contributed by atoms with E-state index in [0.29, 0.717) is 6.01 Å². The van der Waals surface area contributed by atoms with Crippen LogP contribution in [0.25, 0.3) is 11.1 Å². The first-order valence-electron chi connectivity index (χ1n) is 8.22. The Morgan fingerprint density at radius 1 is 1.17 bits per heavy atom. The first kappa shape index (κ1) is 14.8. The predicted octanol–water partition coefficient (Wildman–Crippen LogP) is 4.35. The van der Waals surface area contributed by atoms with Gasteiger partial charge >= 0.3 is 0 Å². The molecule has 1 atom stereocenters. The Labute approximate surface area is 140 Å². The Bertz CT molecular complexity index is 833. The molecule has 1 aromatic heterocycles. The molecule has 1 unspecified atom stereocenters. The van der Waals surface area contributed by atoms with Gasteiger partial charge in [-0.1, -0.05) is 24.3 Å². The Morgan fingerprint density at radius 3 is 2.62 bits per heavy atom. The van der Waals surface area contributed by atoms with E-state index in [1.165, 1.54) is 0 Å². The normalized spacial score (nSPS) is 15.2. The van der Waals surface area contributed by atoms with Crippen LogP contribution >= 0.6 is 0 Å². The minimum absolute atomic E-state index is 0.0474. The number of carbonyl (C=O) groups is 1. The predicted molar refractivity (Wildman–Crippen MR) is 93.8 cm³/mol. The summed E-state index contributed by atoms with van der Waals surface area (Å²) in [5, 5.41) is 6.22. The van der Waals surface area contributed by atoms with Crippen LogP contribution in [0.5, 0.6) is 0 Å². The van der Waals surface area contributed by atoms with E-state index in [1.54, 1.807) is 0 Å². The van der Waals surface area contributed by atoms with Crippen molar-refractivity contribution in [3.05, 3.63) is 54.1 Å². The fraction of sp³-hybridized carbons (Fsp3) is 0.263. The summed E-state index contributed by atoms with van der Waals surface area (Å²) in [6.07, 6.45) is 2.02. The summed E-state index contributed by atoms with van der Waals surface area (Å²) in [7, 11) is 0. The van der Waals surface area contributed by atoms with E-state index in [-0.39, 0.29) is 17.9 Å². The molecule has 0 bridgehead atoms. The summed E-state index contributed by atoms with van der Waals surface area (Å²) in [6.45, 7) is 2.05. The average Bonchev–Trinajstić information content (AvgIpc) is 3.36. The van der Waals surface area contributed by atoms with Gasteiger partial charge in [-0.3, -0.25) is 4.79 Å². The maximum Gasteiger partial charge on any atom is 0.296 e. The summed E-state index contributed by atoms with van der Waals surface area (Å²) in [6, 6.07) is 16.1. The standard InChI is InChI=1S/C19H19N3O2/c1-12(20-19-22-16-4-2-3-5-17(16)24-19)13-8-10-15(11-9-13)21-18(23)14-6-7-14/h2-5,8-12,14H,6-7H2,1H3,(H,20,22)(H,21,23). The van der Waals surface area contributed by atoms with Gasteiger partial charge < -0.3 is 15.1 Å². The van der Waals surface area contributed by atoms with Crippen molar-refractivity contribution in [1.82, 2.24) is 4.98 Å². The Hall–Kier alpha value is -2.82. The largest absolute Gasteiger partial charge is 0.424 e. The fourth-order valence-electron chi connectivity index (χ4n) is 2.65. The number of oxazole rings is 1. The van der Waals surface area contributed by atoms with Gasteiger partial charge in [0.15, 0.2) is 5.58 Å². The van der Waals surface area contributed by atoms with Gasteiger partial charge in [-0.05, 0) is 49.6 Å². The van der Waals surface area contributed by atoms with Crippen molar-refractivity contribution in [3.63, 3.8) is 0 Å². The number of aromatic nitrogens is 1. The Morgan fingerprint density at radius 2 is 1.92 bits per heavy atom. The highest BCUT2D eigenvalue weighted by Gasteiger charge is 2.29. The van der Waals surface area contributed by atoms with Crippen LogP contribution in [-0.4, -0.2) is 10.9 Å². The quantitative estimate of drug-likeness (QED) is 0.733. The molecular formula is C19H19N3O2. The van der Waals surface area contributed by atoms with E-state index in [0.717, 1.165) is 35.2 Å². The second-order valence-corrected chi connectivity index (χ2v) is 6.24. The average molecular weight is 321 g/mol. The summed E-state index contributed by atoms with van der Waals surface area (Å²) in [4.78, 5) is 16.2. The number of hydrogen-bond acceptors (Lipinski definition) is 4. The van der Waals surface area contributed by atoms with E-state index in [1.807, 2.05) is 55.5 Å². The molecule has 1 fully saturated rings. The van der Waals surface area contributed by atoms with E-state index in [9.17, 15) is 4.79 Å². The smallest absolute Gasteiger partial charge is 0.296 e. The lowest BCUT2D eigenvalue weighted by molar-refractivity contribution is -0.117. The lowest BCUT2D eigenvalue weighted by Gasteiger charge is -2.13. The van der Waals surface area contributed by atoms with Crippen LogP contribution in [0, 0.1) is 5.92 Å². The van der Waals surface area contributed by atoms with Gasteiger partial charge in [-0.2, -0.15) is 4.98 Å². The van der Waals surface area contributed by atoms with E-state index >= 15 is 0 Å². The molecule has 3 aromatic rings. The molecule has 122 valence electrons. The van der Waals surface area contributed by atoms with Crippen LogP contribution < -0.4 is 10.6 Å². The number of anilines is 2. The number of nitrogens with zero attached hydrogens (tertiary/aromatic N) is 1. The summed E-state index contributed by atoms with van der Waals surface area (Å²) < 4.78 is 5.69. The zero-order valence-corrected chi connectivity index (χ0v) is 13.5. The van der Waals surface area contributed by atoms with Gasteiger partial charge in [0.25, 0.3) is 6.01 Å². The van der Waals surface area contributed by atoms with Crippen molar-refractivity contribution in [1.29, 1.82) is 0 Å². The third-order valence-electron chi connectivity index (χ3n) is 4.26. The van der Waals surface area contributed by atoms with Crippen LogP contribution in [0.15, 0.2) is 52.9 Å². The van der Waals surface area contributed by atoms with Crippen molar-refractivity contribution >= 4 is 28.7 Å². The van der Waals surface area contributed by atoms with E-state index < -0.39 is 0 Å². The van der Waals surface area contributed by atoms with Crippen molar-refractivity contribution in [2.24, 2.45) is 5.92 Å². The Balaban J connectivity index is 1.43. The monoisotopic (exact) mass is 321 g/mol. The van der Waals surface area contributed by atoms with Crippen LogP contribution in [0.2, 0.25) is 0 Å². The van der Waals surface area contributed by atoms with Crippen LogP contribution in [0.4, 0.5) is 11.7 Å². The van der Waals surface area contributed by atoms with Crippen LogP contribution in [0.1, 0.15) is 31.4 Å². The van der Waals surface area contributed by atoms with E-state index in [2.05, 4.69) is 15.6 Å². The SMILES string of the molecule is CC(Nc1nc2ccccc2o1)c1ccc(NC(=O)C2CC2)cc1. The second kappa shape index (κ2) is 6.00. The molecule has 0 radical (unpaired) electrons. The highest BCUT2D eigenvalue weighted by atomic mass is 16.4. The topological polar surface area (TPSA) is 67.2 Å². The molecule has 2 N–H and O–H groups in total. The molecule has 1 aliphatic rings. The number of fused-ring (bicyclic) bond motifs is 1. The zero-order valence-electron chi connectivity index (χ0n) is 13.5. The molecule has 1 aliphatic carbocycles. The van der Waals surface area contributed by atoms with Gasteiger partial charge in [0.1, 0.15) is 5.52 Å². The summed E-state index contributed by atoms with van der Waals surface area (Å²) >= 11 is 0.